The molecule has 0 heterocycles. The Balaban J connectivity index is 2.70. The maximum absolute atomic E-state index is 13.4. The van der Waals surface area contributed by atoms with E-state index in [0.29, 0.717) is 25.1 Å². The van der Waals surface area contributed by atoms with Crippen LogP contribution in [0, 0.1) is 15.9 Å². The largest absolute Gasteiger partial charge is 0.487 e. The minimum Gasteiger partial charge on any atom is -0.487 e. The van der Waals surface area contributed by atoms with Gasteiger partial charge in [-0.05, 0) is 25.4 Å². The Hall–Kier alpha value is -1.67. The third-order valence-corrected chi connectivity index (χ3v) is 2.75. The van der Waals surface area contributed by atoms with Crippen molar-refractivity contribution in [2.24, 2.45) is 0 Å². The van der Waals surface area contributed by atoms with Crippen molar-refractivity contribution in [1.82, 2.24) is 0 Å². The molecule has 1 rings (SSSR count). The van der Waals surface area contributed by atoms with Crippen LogP contribution >= 0.6 is 0 Å². The van der Waals surface area contributed by atoms with Crippen LogP contribution in [0.4, 0.5) is 10.1 Å². The van der Waals surface area contributed by atoms with Crippen molar-refractivity contribution in [1.29, 1.82) is 0 Å². The molecule has 1 aromatic carbocycles. The first kappa shape index (κ1) is 17.4. The van der Waals surface area contributed by atoms with Gasteiger partial charge in [0.2, 0.25) is 0 Å². The highest BCUT2D eigenvalue weighted by atomic mass is 19.1. The zero-order chi connectivity index (χ0) is 15.8. The molecule has 0 aliphatic heterocycles. The molecule has 116 valence electrons. The van der Waals surface area contributed by atoms with Crippen molar-refractivity contribution in [2.75, 3.05) is 19.8 Å². The third-order valence-electron chi connectivity index (χ3n) is 2.75. The second kappa shape index (κ2) is 8.58. The average Bonchev–Trinajstić information content (AvgIpc) is 2.42. The molecule has 0 aliphatic rings. The Morgan fingerprint density at radius 2 is 1.95 bits per heavy atom. The summed E-state index contributed by atoms with van der Waals surface area (Å²) < 4.78 is 29.4. The molecular formula is C13H19BFNO5. The predicted molar refractivity (Wildman–Crippen MR) is 78.4 cm³/mol. The molecule has 6 nitrogen and oxygen atoms in total. The Kier molecular flexibility index (Phi) is 7.11. The van der Waals surface area contributed by atoms with Gasteiger partial charge in [-0.1, -0.05) is 0 Å². The van der Waals surface area contributed by atoms with Gasteiger partial charge in [0.05, 0.1) is 17.6 Å². The van der Waals surface area contributed by atoms with E-state index < -0.39 is 17.0 Å². The number of rotatable bonds is 9. The third kappa shape index (κ3) is 5.32. The standard InChI is InChI=1S/C13H19BFNO5/c1-3-19-13(20-4-2)5-6-21-12-7-9(14)10(15)8-11(12)16(17)18/h7-8,13H,3-6,14H2,1-2H3. The first-order valence-corrected chi connectivity index (χ1v) is 6.80. The average molecular weight is 299 g/mol. The van der Waals surface area contributed by atoms with Crippen LogP contribution in [0.15, 0.2) is 12.1 Å². The van der Waals surface area contributed by atoms with Gasteiger partial charge >= 0.3 is 5.69 Å². The molecule has 0 saturated heterocycles. The highest BCUT2D eigenvalue weighted by Gasteiger charge is 2.19. The zero-order valence-corrected chi connectivity index (χ0v) is 12.4. The molecule has 21 heavy (non-hydrogen) atoms. The van der Waals surface area contributed by atoms with E-state index >= 15 is 0 Å². The summed E-state index contributed by atoms with van der Waals surface area (Å²) in [5, 5.41) is 10.9. The van der Waals surface area contributed by atoms with E-state index in [1.54, 1.807) is 0 Å². The van der Waals surface area contributed by atoms with Gasteiger partial charge in [-0.25, -0.2) is 4.39 Å². The lowest BCUT2D eigenvalue weighted by atomic mass is 9.95. The van der Waals surface area contributed by atoms with Crippen LogP contribution in [-0.4, -0.2) is 38.9 Å². The summed E-state index contributed by atoms with van der Waals surface area (Å²) in [6, 6.07) is 2.19. The number of nitro benzene ring substituents is 1. The molecule has 0 aliphatic carbocycles. The van der Waals surface area contributed by atoms with Crippen molar-refractivity contribution in [2.45, 2.75) is 26.6 Å². The van der Waals surface area contributed by atoms with E-state index in [1.807, 2.05) is 13.8 Å². The summed E-state index contributed by atoms with van der Waals surface area (Å²) in [4.78, 5) is 10.2. The normalized spacial score (nSPS) is 10.9. The lowest BCUT2D eigenvalue weighted by molar-refractivity contribution is -0.386. The van der Waals surface area contributed by atoms with Gasteiger partial charge < -0.3 is 14.2 Å². The van der Waals surface area contributed by atoms with Crippen LogP contribution in [0.2, 0.25) is 0 Å². The Labute approximate surface area is 123 Å². The fourth-order valence-electron chi connectivity index (χ4n) is 1.75. The summed E-state index contributed by atoms with van der Waals surface area (Å²) in [6.45, 7) is 4.87. The molecule has 8 heteroatoms. The molecule has 0 fully saturated rings. The fourth-order valence-corrected chi connectivity index (χ4v) is 1.75. The van der Waals surface area contributed by atoms with Gasteiger partial charge in [0.15, 0.2) is 12.0 Å². The number of hydrogen-bond donors (Lipinski definition) is 0. The van der Waals surface area contributed by atoms with Gasteiger partial charge in [0, 0.05) is 19.6 Å². The van der Waals surface area contributed by atoms with Crippen LogP contribution < -0.4 is 10.2 Å². The monoisotopic (exact) mass is 299 g/mol. The Morgan fingerprint density at radius 1 is 1.33 bits per heavy atom. The summed E-state index contributed by atoms with van der Waals surface area (Å²) in [5.41, 5.74) is -0.0933. The van der Waals surface area contributed by atoms with Crippen molar-refractivity contribution in [3.63, 3.8) is 0 Å². The number of ether oxygens (including phenoxy) is 3. The SMILES string of the molecule is Bc1cc(OCCC(OCC)OCC)c([N+](=O)[O-])cc1F. The molecule has 0 atom stereocenters. The first-order valence-electron chi connectivity index (χ1n) is 6.80. The van der Waals surface area contributed by atoms with Gasteiger partial charge in [0.25, 0.3) is 0 Å². The van der Waals surface area contributed by atoms with E-state index in [0.717, 1.165) is 6.07 Å². The summed E-state index contributed by atoms with van der Waals surface area (Å²) in [7, 11) is 1.52. The smallest absolute Gasteiger partial charge is 0.313 e. The van der Waals surface area contributed by atoms with Crippen molar-refractivity contribution >= 4 is 19.0 Å². The zero-order valence-electron chi connectivity index (χ0n) is 12.4. The van der Waals surface area contributed by atoms with E-state index in [9.17, 15) is 14.5 Å². The first-order chi connectivity index (χ1) is 9.99. The van der Waals surface area contributed by atoms with Gasteiger partial charge in [-0.3, -0.25) is 10.1 Å². The number of nitrogens with zero attached hydrogens (tertiary/aromatic N) is 1. The minimum absolute atomic E-state index is 0.0469. The van der Waals surface area contributed by atoms with Crippen molar-refractivity contribution < 1.29 is 23.5 Å². The molecular weight excluding hydrogens is 280 g/mol. The van der Waals surface area contributed by atoms with Gasteiger partial charge in [-0.2, -0.15) is 0 Å². The van der Waals surface area contributed by atoms with Crippen molar-refractivity contribution in [3.05, 3.63) is 28.1 Å². The maximum atomic E-state index is 13.4. The predicted octanol–water partition coefficient (Wildman–Crippen LogP) is 1.16. The number of hydrogen-bond acceptors (Lipinski definition) is 5. The number of halogens is 1. The van der Waals surface area contributed by atoms with Crippen LogP contribution in [-0.2, 0) is 9.47 Å². The molecule has 0 amide bonds. The second-order valence-corrected chi connectivity index (χ2v) is 4.30. The van der Waals surface area contributed by atoms with Crippen LogP contribution in [0.5, 0.6) is 5.75 Å². The topological polar surface area (TPSA) is 70.8 Å². The minimum atomic E-state index is -0.666. The van der Waals surface area contributed by atoms with E-state index in [4.69, 9.17) is 14.2 Å². The quantitative estimate of drug-likeness (QED) is 0.296. The lowest BCUT2D eigenvalue weighted by Crippen LogP contribution is -2.20. The summed E-state index contributed by atoms with van der Waals surface area (Å²) in [5.74, 6) is -0.582. The molecule has 0 unspecified atom stereocenters. The molecule has 0 saturated carbocycles. The highest BCUT2D eigenvalue weighted by Crippen LogP contribution is 2.26. The lowest BCUT2D eigenvalue weighted by Gasteiger charge is -2.17. The van der Waals surface area contributed by atoms with E-state index in [1.165, 1.54) is 13.9 Å². The summed E-state index contributed by atoms with van der Waals surface area (Å²) >= 11 is 0. The molecule has 0 bridgehead atoms. The second-order valence-electron chi connectivity index (χ2n) is 4.30. The Morgan fingerprint density at radius 3 is 2.48 bits per heavy atom. The molecule has 1 aromatic rings. The molecule has 0 N–H and O–H groups in total. The van der Waals surface area contributed by atoms with Gasteiger partial charge in [0.1, 0.15) is 13.7 Å². The van der Waals surface area contributed by atoms with E-state index in [-0.39, 0.29) is 18.0 Å². The van der Waals surface area contributed by atoms with Crippen LogP contribution in [0.3, 0.4) is 0 Å². The Bertz CT molecular complexity index is 480. The number of nitro groups is 1. The maximum Gasteiger partial charge on any atom is 0.313 e. The molecule has 0 radical (unpaired) electrons. The fraction of sp³-hybridized carbons (Fsp3) is 0.538. The van der Waals surface area contributed by atoms with Crippen molar-refractivity contribution in [3.8, 4) is 5.75 Å². The number of benzene rings is 1. The summed E-state index contributed by atoms with van der Waals surface area (Å²) in [6.07, 6.45) is 0.00974. The molecule has 0 spiro atoms. The van der Waals surface area contributed by atoms with Crippen LogP contribution in [0.1, 0.15) is 20.3 Å². The highest BCUT2D eigenvalue weighted by molar-refractivity contribution is 6.32. The van der Waals surface area contributed by atoms with Gasteiger partial charge in [-0.15, -0.1) is 0 Å². The molecule has 0 aromatic heterocycles. The van der Waals surface area contributed by atoms with Crippen LogP contribution in [0.25, 0.3) is 0 Å². The van der Waals surface area contributed by atoms with E-state index in [2.05, 4.69) is 0 Å².